The number of carbonyl (C=O) groups excluding carboxylic acids is 2. The van der Waals surface area contributed by atoms with E-state index in [1.54, 1.807) is 6.92 Å². The lowest BCUT2D eigenvalue weighted by atomic mass is 9.93. The van der Waals surface area contributed by atoms with Gasteiger partial charge in [-0.25, -0.2) is 9.59 Å². The molecule has 120 valence electrons. The Morgan fingerprint density at radius 3 is 2.48 bits per heavy atom. The summed E-state index contributed by atoms with van der Waals surface area (Å²) in [6, 6.07) is -0.516. The van der Waals surface area contributed by atoms with E-state index in [9.17, 15) is 9.59 Å². The Bertz CT molecular complexity index is 418. The number of carbonyl (C=O) groups is 2. The van der Waals surface area contributed by atoms with Crippen molar-refractivity contribution in [2.45, 2.75) is 58.2 Å². The van der Waals surface area contributed by atoms with Crippen LogP contribution >= 0.6 is 0 Å². The van der Waals surface area contributed by atoms with E-state index in [2.05, 4.69) is 0 Å². The van der Waals surface area contributed by atoms with Gasteiger partial charge in [0, 0.05) is 12.6 Å². The molecule has 1 aliphatic carbocycles. The van der Waals surface area contributed by atoms with Gasteiger partial charge in [0.15, 0.2) is 0 Å². The van der Waals surface area contributed by atoms with Crippen molar-refractivity contribution in [1.29, 1.82) is 0 Å². The number of hydrogen-bond donors (Lipinski definition) is 1. The Morgan fingerprint density at radius 2 is 1.90 bits per heavy atom. The van der Waals surface area contributed by atoms with Gasteiger partial charge in [-0.15, -0.1) is 0 Å². The maximum atomic E-state index is 12.4. The number of rotatable bonds is 2. The highest BCUT2D eigenvalue weighted by Gasteiger charge is 2.53. The average molecular weight is 298 g/mol. The largest absolute Gasteiger partial charge is 0.464 e. The summed E-state index contributed by atoms with van der Waals surface area (Å²) < 4.78 is 10.6. The Hall–Kier alpha value is -1.30. The number of nitrogens with two attached hydrogens (primary N) is 1. The number of amides is 1. The molecule has 0 aromatic rings. The van der Waals surface area contributed by atoms with Crippen LogP contribution in [0.15, 0.2) is 0 Å². The Labute approximate surface area is 125 Å². The number of esters is 1. The minimum Gasteiger partial charge on any atom is -0.464 e. The van der Waals surface area contributed by atoms with Gasteiger partial charge in [0.2, 0.25) is 0 Å². The number of nitrogens with zero attached hydrogens (tertiary/aromatic N) is 1. The molecule has 0 radical (unpaired) electrons. The van der Waals surface area contributed by atoms with Crippen molar-refractivity contribution < 1.29 is 19.1 Å². The summed E-state index contributed by atoms with van der Waals surface area (Å²) in [7, 11) is 0. The van der Waals surface area contributed by atoms with E-state index in [1.807, 2.05) is 20.8 Å². The zero-order valence-corrected chi connectivity index (χ0v) is 13.3. The van der Waals surface area contributed by atoms with Crippen molar-refractivity contribution in [3.63, 3.8) is 0 Å². The molecular weight excluding hydrogens is 272 g/mol. The van der Waals surface area contributed by atoms with E-state index < -0.39 is 17.7 Å². The van der Waals surface area contributed by atoms with E-state index in [0.29, 0.717) is 13.2 Å². The molecule has 1 saturated heterocycles. The topological polar surface area (TPSA) is 81.9 Å². The first-order valence-corrected chi connectivity index (χ1v) is 7.66. The normalized spacial score (nSPS) is 32.0. The van der Waals surface area contributed by atoms with Gasteiger partial charge in [-0.05, 0) is 52.4 Å². The van der Waals surface area contributed by atoms with Crippen molar-refractivity contribution in [1.82, 2.24) is 4.90 Å². The predicted molar refractivity (Wildman–Crippen MR) is 77.6 cm³/mol. The fourth-order valence-corrected chi connectivity index (χ4v) is 3.40. The highest BCUT2D eigenvalue weighted by molar-refractivity contribution is 5.83. The van der Waals surface area contributed by atoms with Crippen molar-refractivity contribution >= 4 is 12.1 Å². The minimum absolute atomic E-state index is 0.0411. The second kappa shape index (κ2) is 5.83. The SMILES string of the molecule is CCOC(=O)[C@@H]1[C@H]2CC[C@@H](N)[C@H]2CN1C(=O)OC(C)(C)C. The number of hydrogen-bond acceptors (Lipinski definition) is 5. The van der Waals surface area contributed by atoms with Gasteiger partial charge in [-0.3, -0.25) is 4.90 Å². The summed E-state index contributed by atoms with van der Waals surface area (Å²) in [6.45, 7) is 7.99. The summed E-state index contributed by atoms with van der Waals surface area (Å²) in [5.41, 5.74) is 5.53. The number of fused-ring (bicyclic) bond motifs is 1. The lowest BCUT2D eigenvalue weighted by molar-refractivity contribution is -0.149. The van der Waals surface area contributed by atoms with E-state index >= 15 is 0 Å². The number of likely N-dealkylation sites (tertiary alicyclic amines) is 1. The Kier molecular flexibility index (Phi) is 4.46. The van der Waals surface area contributed by atoms with E-state index in [1.165, 1.54) is 4.90 Å². The average Bonchev–Trinajstić information content (AvgIpc) is 2.88. The highest BCUT2D eigenvalue weighted by Crippen LogP contribution is 2.42. The van der Waals surface area contributed by atoms with E-state index in [-0.39, 0.29) is 23.8 Å². The molecule has 6 nitrogen and oxygen atoms in total. The van der Waals surface area contributed by atoms with Crippen LogP contribution in [0.3, 0.4) is 0 Å². The zero-order valence-electron chi connectivity index (χ0n) is 13.3. The third kappa shape index (κ3) is 3.31. The number of ether oxygens (including phenoxy) is 2. The zero-order chi connectivity index (χ0) is 15.8. The van der Waals surface area contributed by atoms with Crippen LogP contribution in [0.2, 0.25) is 0 Å². The van der Waals surface area contributed by atoms with Gasteiger partial charge in [-0.1, -0.05) is 0 Å². The summed E-state index contributed by atoms with van der Waals surface area (Å²) >= 11 is 0. The first-order chi connectivity index (χ1) is 9.74. The summed E-state index contributed by atoms with van der Waals surface area (Å²) in [5.74, 6) is -0.0940. The standard InChI is InChI=1S/C15H26N2O4/c1-5-20-13(18)12-9-6-7-11(16)10(9)8-17(12)14(19)21-15(2,3)4/h9-12H,5-8,16H2,1-4H3/t9-,10-,11+,12-/m0/s1. The first-order valence-electron chi connectivity index (χ1n) is 7.66. The molecule has 1 amide bonds. The van der Waals surface area contributed by atoms with E-state index in [4.69, 9.17) is 15.2 Å². The van der Waals surface area contributed by atoms with Crippen LogP contribution in [-0.2, 0) is 14.3 Å². The molecule has 2 fully saturated rings. The van der Waals surface area contributed by atoms with Crippen molar-refractivity contribution in [2.24, 2.45) is 17.6 Å². The van der Waals surface area contributed by atoms with Crippen LogP contribution in [0.5, 0.6) is 0 Å². The van der Waals surface area contributed by atoms with Gasteiger partial charge in [0.05, 0.1) is 6.61 Å². The first kappa shape index (κ1) is 16.1. The molecular formula is C15H26N2O4. The minimum atomic E-state index is -0.587. The molecule has 1 heterocycles. The molecule has 1 saturated carbocycles. The Morgan fingerprint density at radius 1 is 1.24 bits per heavy atom. The maximum absolute atomic E-state index is 12.4. The van der Waals surface area contributed by atoms with Crippen molar-refractivity contribution in [2.75, 3.05) is 13.2 Å². The molecule has 1 aliphatic heterocycles. The lowest BCUT2D eigenvalue weighted by Gasteiger charge is -2.29. The van der Waals surface area contributed by atoms with Crippen LogP contribution in [-0.4, -0.2) is 47.8 Å². The lowest BCUT2D eigenvalue weighted by Crippen LogP contribution is -2.46. The Balaban J connectivity index is 2.18. The molecule has 0 aromatic heterocycles. The third-order valence-corrected chi connectivity index (χ3v) is 4.24. The van der Waals surface area contributed by atoms with Gasteiger partial charge < -0.3 is 15.2 Å². The fraction of sp³-hybridized carbons (Fsp3) is 0.867. The monoisotopic (exact) mass is 298 g/mol. The molecule has 6 heteroatoms. The van der Waals surface area contributed by atoms with Crippen molar-refractivity contribution in [3.8, 4) is 0 Å². The summed E-state index contributed by atoms with van der Waals surface area (Å²) in [5, 5.41) is 0. The molecule has 21 heavy (non-hydrogen) atoms. The molecule has 4 atom stereocenters. The third-order valence-electron chi connectivity index (χ3n) is 4.24. The second-order valence-electron chi connectivity index (χ2n) is 6.90. The molecule has 0 unspecified atom stereocenters. The fourth-order valence-electron chi connectivity index (χ4n) is 3.40. The smallest absolute Gasteiger partial charge is 0.411 e. The van der Waals surface area contributed by atoms with Crippen LogP contribution in [0.25, 0.3) is 0 Å². The van der Waals surface area contributed by atoms with Gasteiger partial charge in [0.25, 0.3) is 0 Å². The second-order valence-corrected chi connectivity index (χ2v) is 6.90. The molecule has 0 aromatic carbocycles. The molecule has 2 aliphatic rings. The molecule has 2 N–H and O–H groups in total. The van der Waals surface area contributed by atoms with Gasteiger partial charge >= 0.3 is 12.1 Å². The molecule has 0 bridgehead atoms. The van der Waals surface area contributed by atoms with Crippen molar-refractivity contribution in [3.05, 3.63) is 0 Å². The molecule has 0 spiro atoms. The summed E-state index contributed by atoms with van der Waals surface area (Å²) in [6.07, 6.45) is 1.30. The molecule has 2 rings (SSSR count). The summed E-state index contributed by atoms with van der Waals surface area (Å²) in [4.78, 5) is 26.1. The highest BCUT2D eigenvalue weighted by atomic mass is 16.6. The van der Waals surface area contributed by atoms with Crippen LogP contribution in [0.1, 0.15) is 40.5 Å². The predicted octanol–water partition coefficient (Wildman–Crippen LogP) is 1.52. The maximum Gasteiger partial charge on any atom is 0.411 e. The van der Waals surface area contributed by atoms with Crippen LogP contribution in [0.4, 0.5) is 4.79 Å². The van der Waals surface area contributed by atoms with E-state index in [0.717, 1.165) is 12.8 Å². The van der Waals surface area contributed by atoms with Crippen LogP contribution in [0, 0.1) is 11.8 Å². The quantitative estimate of drug-likeness (QED) is 0.782. The van der Waals surface area contributed by atoms with Crippen LogP contribution < -0.4 is 5.73 Å². The van der Waals surface area contributed by atoms with Gasteiger partial charge in [-0.2, -0.15) is 0 Å². The van der Waals surface area contributed by atoms with Gasteiger partial charge in [0.1, 0.15) is 11.6 Å².